The summed E-state index contributed by atoms with van der Waals surface area (Å²) >= 11 is 7.51. The number of hydrogen-bond acceptors (Lipinski definition) is 12. The molecule has 0 fully saturated rings. The van der Waals surface area contributed by atoms with Gasteiger partial charge >= 0.3 is 6.18 Å². The third-order valence-corrected chi connectivity index (χ3v) is 9.98. The molecule has 0 saturated carbocycles. The fourth-order valence-electron chi connectivity index (χ4n) is 4.83. The van der Waals surface area contributed by atoms with E-state index < -0.39 is 6.18 Å². The fraction of sp³-hybridized carbons (Fsp3) is 0.190. The molecular formula is C63H71ClF4IN9O3. The van der Waals surface area contributed by atoms with Crippen molar-refractivity contribution in [1.29, 1.82) is 0 Å². The highest BCUT2D eigenvalue weighted by molar-refractivity contribution is 14.1. The Morgan fingerprint density at radius 3 is 1.22 bits per heavy atom. The highest BCUT2D eigenvalue weighted by Crippen LogP contribution is 2.24. The number of aryl methyl sites for hydroxylation is 10. The van der Waals surface area contributed by atoms with Crippen molar-refractivity contribution >= 4 is 34.2 Å². The van der Waals surface area contributed by atoms with Crippen molar-refractivity contribution in [3.8, 4) is 17.2 Å². The molecule has 0 aliphatic heterocycles. The third-order valence-electron chi connectivity index (χ3n) is 8.81. The molecule has 0 atom stereocenters. The summed E-state index contributed by atoms with van der Waals surface area (Å²) in [7, 11) is 0. The molecule has 10 aromatic rings. The van der Waals surface area contributed by atoms with Gasteiger partial charge in [-0.25, -0.2) is 14.4 Å². The first-order valence-corrected chi connectivity index (χ1v) is 26.1. The van der Waals surface area contributed by atoms with Crippen LogP contribution in [0.5, 0.6) is 17.2 Å². The largest absolute Gasteiger partial charge is 0.507 e. The minimum absolute atomic E-state index is 0.0602. The van der Waals surface area contributed by atoms with Crippen molar-refractivity contribution in [3.05, 3.63) is 284 Å². The molecule has 0 bridgehead atoms. The molecule has 6 aromatic heterocycles. The van der Waals surface area contributed by atoms with Crippen LogP contribution < -0.4 is 0 Å². The second-order valence-electron chi connectivity index (χ2n) is 16.8. The van der Waals surface area contributed by atoms with E-state index in [-0.39, 0.29) is 29.3 Å². The summed E-state index contributed by atoms with van der Waals surface area (Å²) in [6, 6.07) is 44.5. The molecule has 0 radical (unpaired) electrons. The van der Waals surface area contributed by atoms with E-state index in [9.17, 15) is 17.6 Å². The number of benzene rings is 4. The number of phenols is 3. The summed E-state index contributed by atoms with van der Waals surface area (Å²) in [6.07, 6.45) is 15.1. The summed E-state index contributed by atoms with van der Waals surface area (Å²) in [4.78, 5) is 27.2. The maximum atomic E-state index is 12.4. The summed E-state index contributed by atoms with van der Waals surface area (Å²) < 4.78 is 44.4. The Balaban J connectivity index is 0.000000872. The molecule has 10 rings (SSSR count). The van der Waals surface area contributed by atoms with Crippen LogP contribution in [-0.4, -0.2) is 66.6 Å². The fourth-order valence-corrected chi connectivity index (χ4v) is 5.62. The lowest BCUT2D eigenvalue weighted by Crippen LogP contribution is -1.95. The summed E-state index contributed by atoms with van der Waals surface area (Å²) in [5.41, 5.74) is 9.78. The molecule has 12 nitrogen and oxygen atoms in total. The van der Waals surface area contributed by atoms with E-state index in [0.29, 0.717) is 5.75 Å². The van der Waals surface area contributed by atoms with E-state index >= 15 is 0 Å². The van der Waals surface area contributed by atoms with Gasteiger partial charge in [-0.2, -0.15) is 23.4 Å². The van der Waals surface area contributed by atoms with Crippen LogP contribution in [0.25, 0.3) is 0 Å². The lowest BCUT2D eigenvalue weighted by Gasteiger charge is -1.95. The highest BCUT2D eigenvalue weighted by atomic mass is 127. The number of rotatable bonds is 0. The molecule has 0 amide bonds. The van der Waals surface area contributed by atoms with Gasteiger partial charge in [-0.05, 0) is 205 Å². The molecule has 81 heavy (non-hydrogen) atoms. The van der Waals surface area contributed by atoms with Crippen molar-refractivity contribution in [2.75, 3.05) is 0 Å². The number of halogens is 6. The lowest BCUT2D eigenvalue weighted by atomic mass is 10.2. The average Bonchev–Trinajstić information content (AvgIpc) is 3.43. The van der Waals surface area contributed by atoms with Gasteiger partial charge in [-0.3, -0.25) is 24.9 Å². The van der Waals surface area contributed by atoms with Gasteiger partial charge in [-0.1, -0.05) is 77.8 Å². The van der Waals surface area contributed by atoms with Gasteiger partial charge in [0.15, 0.2) is 11.5 Å². The Labute approximate surface area is 493 Å². The first-order chi connectivity index (χ1) is 38.4. The molecule has 428 valence electrons. The number of aromatic nitrogens is 9. The predicted octanol–water partition coefficient (Wildman–Crippen LogP) is 16.6. The van der Waals surface area contributed by atoms with Crippen LogP contribution in [0.3, 0.4) is 0 Å². The smallest absolute Gasteiger partial charge is 0.386 e. The SMILES string of the molecule is CC(F)(F)F.Cc1ccc(Cl)c(F)c1.Cc1ccc(O)c(I)c1.Cc1ccc(O)c(O)c1.Cc1ccccc1.Cc1ccccn1.Cc1cccnc1.Cc1cccnn1.Cc1ccncc1.Cc1cnccn1.Cc1ncccn1. The minimum atomic E-state index is -4.00. The second kappa shape index (κ2) is 44.6. The first kappa shape index (κ1) is 72.7. The van der Waals surface area contributed by atoms with Gasteiger partial charge in [-0.15, -0.1) is 0 Å². The number of pyridine rings is 3. The molecule has 3 N–H and O–H groups in total. The van der Waals surface area contributed by atoms with E-state index in [2.05, 4.69) is 86.7 Å². The maximum Gasteiger partial charge on any atom is 0.386 e. The van der Waals surface area contributed by atoms with Crippen LogP contribution in [0.4, 0.5) is 17.6 Å². The monoisotopic (exact) mass is 1240 g/mol. The highest BCUT2D eigenvalue weighted by Gasteiger charge is 2.15. The quantitative estimate of drug-likeness (QED) is 0.0745. The van der Waals surface area contributed by atoms with E-state index in [4.69, 9.17) is 26.9 Å². The first-order valence-electron chi connectivity index (χ1n) is 24.6. The molecule has 4 aromatic carbocycles. The minimum Gasteiger partial charge on any atom is -0.507 e. The van der Waals surface area contributed by atoms with E-state index in [1.165, 1.54) is 40.5 Å². The van der Waals surface area contributed by atoms with Crippen molar-refractivity contribution < 1.29 is 32.9 Å². The predicted molar refractivity (Wildman–Crippen MR) is 326 cm³/mol. The molecule has 18 heteroatoms. The Bertz CT molecular complexity index is 2610. The van der Waals surface area contributed by atoms with Gasteiger partial charge in [0.2, 0.25) is 0 Å². The molecule has 6 heterocycles. The number of aromatic hydroxyl groups is 3. The van der Waals surface area contributed by atoms with Crippen molar-refractivity contribution in [2.45, 2.75) is 82.3 Å². The topological polar surface area (TPSA) is 177 Å². The zero-order valence-electron chi connectivity index (χ0n) is 47.3. The van der Waals surface area contributed by atoms with Crippen LogP contribution in [0, 0.1) is 78.6 Å². The second-order valence-corrected chi connectivity index (χ2v) is 18.4. The molecule has 0 aliphatic rings. The number of phenolic OH excluding ortho intramolecular Hbond substituents is 3. The molecule has 0 saturated heterocycles. The van der Waals surface area contributed by atoms with Crippen molar-refractivity contribution in [2.24, 2.45) is 0 Å². The van der Waals surface area contributed by atoms with Crippen LogP contribution >= 0.6 is 34.2 Å². The molecule has 0 unspecified atom stereocenters. The number of alkyl halides is 3. The summed E-state index contributed by atoms with van der Waals surface area (Å²) in [6.45, 7) is 19.7. The van der Waals surface area contributed by atoms with Gasteiger partial charge < -0.3 is 15.3 Å². The van der Waals surface area contributed by atoms with Gasteiger partial charge in [0.1, 0.15) is 17.4 Å². The standard InChI is InChI=1S/C7H6ClF.C7H7IO.C7H8O2.C7H8.3C6H7N.3C5H6N2.C2H3F3/c1-5-2-3-6(8)7(9)4-5;1-5-2-3-7(9)6(8)4-5;1-5-2-3-6(8)7(9)4-5;1-7-5-3-2-4-6-7;1-6-2-4-7-5-3-6;1-6-3-2-4-7-5-6;1-6-4-2-3-5-7-6;1-5-4-6-2-3-7-5;1-5-6-3-2-4-7-5;1-5-3-2-4-6-7-5;1-2(3,4)5/h2-4H,1H3;2-4,9H,1H3;2-4,8-9H,1H3;2-6H,1H3;3*2-5H,1H3;3*2-4H,1H3;1H3. The van der Waals surface area contributed by atoms with E-state index in [1.807, 2.05) is 153 Å². The Kier molecular flexibility index (Phi) is 40.0. The van der Waals surface area contributed by atoms with Crippen molar-refractivity contribution in [3.63, 3.8) is 0 Å². The van der Waals surface area contributed by atoms with Crippen molar-refractivity contribution in [1.82, 2.24) is 45.1 Å². The zero-order valence-corrected chi connectivity index (χ0v) is 50.3. The number of nitrogens with zero attached hydrogens (tertiary/aromatic N) is 9. The lowest BCUT2D eigenvalue weighted by molar-refractivity contribution is -0.110. The van der Waals surface area contributed by atoms with Crippen LogP contribution in [0.2, 0.25) is 5.02 Å². The van der Waals surface area contributed by atoms with Gasteiger partial charge in [0.25, 0.3) is 0 Å². The Hall–Kier alpha value is -8.29. The summed E-state index contributed by atoms with van der Waals surface area (Å²) in [5.74, 6) is 0.705. The van der Waals surface area contributed by atoms with Crippen LogP contribution in [0.1, 0.15) is 63.2 Å². The zero-order chi connectivity index (χ0) is 60.9. The third kappa shape index (κ3) is 46.3. The molecule has 0 spiro atoms. The molecular weight excluding hydrogens is 1170 g/mol. The maximum absolute atomic E-state index is 12.4. The van der Waals surface area contributed by atoms with Crippen LogP contribution in [0.15, 0.2) is 214 Å². The Morgan fingerprint density at radius 1 is 0.407 bits per heavy atom. The normalized spacial score (nSPS) is 9.20. The van der Waals surface area contributed by atoms with Crippen LogP contribution in [-0.2, 0) is 0 Å². The Morgan fingerprint density at radius 2 is 0.914 bits per heavy atom. The summed E-state index contributed by atoms with van der Waals surface area (Å²) in [5, 5.41) is 34.2. The number of hydrogen-bond donors (Lipinski definition) is 3. The van der Waals surface area contributed by atoms with Gasteiger partial charge in [0, 0.05) is 80.8 Å². The average molecular weight is 1240 g/mol. The molecule has 0 aliphatic carbocycles. The van der Waals surface area contributed by atoms with E-state index in [1.54, 1.807) is 92.3 Å². The van der Waals surface area contributed by atoms with E-state index in [0.717, 1.165) is 37.6 Å². The van der Waals surface area contributed by atoms with Gasteiger partial charge in [0.05, 0.1) is 20.0 Å².